The molecule has 3 atom stereocenters. The Kier molecular flexibility index (Phi) is 2.26. The lowest BCUT2D eigenvalue weighted by Crippen LogP contribution is -2.55. The first-order chi connectivity index (χ1) is 6.84. The summed E-state index contributed by atoms with van der Waals surface area (Å²) in [6.45, 7) is 5.09. The molecule has 3 aliphatic rings. The van der Waals surface area contributed by atoms with E-state index in [1.807, 2.05) is 0 Å². The van der Waals surface area contributed by atoms with E-state index in [4.69, 9.17) is 0 Å². The zero-order valence-electron chi connectivity index (χ0n) is 9.08. The molecule has 0 aliphatic carbocycles. The lowest BCUT2D eigenvalue weighted by Gasteiger charge is -2.41. The van der Waals surface area contributed by atoms with Gasteiger partial charge in [-0.15, -0.1) is 0 Å². The van der Waals surface area contributed by atoms with E-state index < -0.39 is 0 Å². The number of rotatable bonds is 1. The maximum absolute atomic E-state index is 3.48. The molecular formula is C11H21N3. The summed E-state index contributed by atoms with van der Waals surface area (Å²) in [6.07, 6.45) is 4.22. The minimum absolute atomic E-state index is 0.840. The maximum Gasteiger partial charge on any atom is 0.0234 e. The van der Waals surface area contributed by atoms with Gasteiger partial charge in [0.25, 0.3) is 0 Å². The summed E-state index contributed by atoms with van der Waals surface area (Å²) >= 11 is 0. The van der Waals surface area contributed by atoms with E-state index in [1.165, 1.54) is 45.4 Å². The molecule has 3 heteroatoms. The molecule has 3 rings (SSSR count). The Balaban J connectivity index is 1.67. The second-order valence-electron chi connectivity index (χ2n) is 5.15. The van der Waals surface area contributed by atoms with Gasteiger partial charge in [-0.05, 0) is 32.9 Å². The van der Waals surface area contributed by atoms with Crippen LogP contribution in [0.25, 0.3) is 0 Å². The van der Waals surface area contributed by atoms with Crippen molar-refractivity contribution in [3.8, 4) is 0 Å². The molecule has 14 heavy (non-hydrogen) atoms. The van der Waals surface area contributed by atoms with Crippen LogP contribution in [0, 0.1) is 0 Å². The zero-order valence-corrected chi connectivity index (χ0v) is 9.08. The van der Waals surface area contributed by atoms with Crippen molar-refractivity contribution in [3.63, 3.8) is 0 Å². The number of likely N-dealkylation sites (N-methyl/N-ethyl adjacent to an activating group) is 1. The Morgan fingerprint density at radius 1 is 1.00 bits per heavy atom. The molecule has 0 radical (unpaired) electrons. The largest absolute Gasteiger partial charge is 0.315 e. The lowest BCUT2D eigenvalue weighted by atomic mass is 10.1. The molecule has 3 fully saturated rings. The molecule has 0 saturated carbocycles. The average molecular weight is 195 g/mol. The van der Waals surface area contributed by atoms with Gasteiger partial charge < -0.3 is 5.32 Å². The van der Waals surface area contributed by atoms with Crippen molar-refractivity contribution in [2.24, 2.45) is 0 Å². The van der Waals surface area contributed by atoms with E-state index >= 15 is 0 Å². The van der Waals surface area contributed by atoms with Crippen molar-refractivity contribution in [1.82, 2.24) is 15.1 Å². The molecule has 1 N–H and O–H groups in total. The Bertz CT molecular complexity index is 199. The van der Waals surface area contributed by atoms with Gasteiger partial charge in [0.05, 0.1) is 0 Å². The van der Waals surface area contributed by atoms with Crippen LogP contribution in [0.4, 0.5) is 0 Å². The Morgan fingerprint density at radius 2 is 1.71 bits per heavy atom. The molecule has 0 aromatic carbocycles. The molecule has 3 aliphatic heterocycles. The van der Waals surface area contributed by atoms with Gasteiger partial charge in [-0.3, -0.25) is 9.80 Å². The molecule has 0 spiro atoms. The first-order valence-corrected chi connectivity index (χ1v) is 6.01. The standard InChI is InChI=1S/C11H21N3/c1-13-10-2-3-11(13)8-14(7-10)9-4-5-12-6-9/h9-12H,2-8H2,1H3/t9-,10?,11?/m1/s1. The highest BCUT2D eigenvalue weighted by atomic mass is 15.3. The quantitative estimate of drug-likeness (QED) is 0.641. The molecule has 3 nitrogen and oxygen atoms in total. The molecule has 0 aromatic rings. The average Bonchev–Trinajstić information content (AvgIpc) is 2.75. The summed E-state index contributed by atoms with van der Waals surface area (Å²) in [6, 6.07) is 2.55. The smallest absolute Gasteiger partial charge is 0.0234 e. The monoisotopic (exact) mass is 195 g/mol. The van der Waals surface area contributed by atoms with Crippen molar-refractivity contribution in [2.45, 2.75) is 37.4 Å². The van der Waals surface area contributed by atoms with Crippen LogP contribution in [-0.2, 0) is 0 Å². The summed E-state index contributed by atoms with van der Waals surface area (Å²) in [5, 5.41) is 3.48. The normalized spacial score (nSPS) is 44.8. The van der Waals surface area contributed by atoms with Crippen LogP contribution in [0.1, 0.15) is 19.3 Å². The second kappa shape index (κ2) is 3.47. The van der Waals surface area contributed by atoms with Gasteiger partial charge in [0.1, 0.15) is 0 Å². The molecule has 3 saturated heterocycles. The highest BCUT2D eigenvalue weighted by molar-refractivity contribution is 4.97. The second-order valence-corrected chi connectivity index (χ2v) is 5.15. The molecule has 3 heterocycles. The number of nitrogens with zero attached hydrogens (tertiary/aromatic N) is 2. The van der Waals surface area contributed by atoms with E-state index in [2.05, 4.69) is 22.2 Å². The van der Waals surface area contributed by atoms with Crippen LogP contribution in [0.5, 0.6) is 0 Å². The van der Waals surface area contributed by atoms with Crippen LogP contribution >= 0.6 is 0 Å². The van der Waals surface area contributed by atoms with Crippen molar-refractivity contribution in [1.29, 1.82) is 0 Å². The molecule has 80 valence electrons. The van der Waals surface area contributed by atoms with E-state index in [9.17, 15) is 0 Å². The van der Waals surface area contributed by atoms with Crippen molar-refractivity contribution in [3.05, 3.63) is 0 Å². The van der Waals surface area contributed by atoms with Crippen LogP contribution < -0.4 is 5.32 Å². The fourth-order valence-electron chi connectivity index (χ4n) is 3.40. The zero-order chi connectivity index (χ0) is 9.54. The summed E-state index contributed by atoms with van der Waals surface area (Å²) < 4.78 is 0. The lowest BCUT2D eigenvalue weighted by molar-refractivity contribution is 0.0634. The van der Waals surface area contributed by atoms with E-state index in [0.29, 0.717) is 0 Å². The maximum atomic E-state index is 3.48. The Hall–Kier alpha value is -0.120. The fourth-order valence-corrected chi connectivity index (χ4v) is 3.40. The van der Waals surface area contributed by atoms with Gasteiger partial charge >= 0.3 is 0 Å². The summed E-state index contributed by atoms with van der Waals surface area (Å²) in [5.74, 6) is 0. The fraction of sp³-hybridized carbons (Fsp3) is 1.00. The first-order valence-electron chi connectivity index (χ1n) is 6.01. The number of nitrogens with one attached hydrogen (secondary N) is 1. The third-order valence-corrected chi connectivity index (χ3v) is 4.43. The topological polar surface area (TPSA) is 18.5 Å². The summed E-state index contributed by atoms with van der Waals surface area (Å²) in [7, 11) is 2.31. The van der Waals surface area contributed by atoms with Gasteiger partial charge in [-0.2, -0.15) is 0 Å². The predicted molar refractivity (Wildman–Crippen MR) is 57.4 cm³/mol. The Morgan fingerprint density at radius 3 is 2.29 bits per heavy atom. The SMILES string of the molecule is CN1C2CCC1CN([C@@H]1CCNC1)C2. The van der Waals surface area contributed by atoms with Gasteiger partial charge in [0, 0.05) is 37.8 Å². The van der Waals surface area contributed by atoms with Gasteiger partial charge in [0.15, 0.2) is 0 Å². The van der Waals surface area contributed by atoms with E-state index in [1.54, 1.807) is 0 Å². The van der Waals surface area contributed by atoms with Gasteiger partial charge in [0.2, 0.25) is 0 Å². The van der Waals surface area contributed by atoms with Gasteiger partial charge in [-0.1, -0.05) is 0 Å². The molecule has 0 aromatic heterocycles. The number of hydrogen-bond donors (Lipinski definition) is 1. The minimum Gasteiger partial charge on any atom is -0.315 e. The van der Waals surface area contributed by atoms with Crippen LogP contribution in [0.2, 0.25) is 0 Å². The molecular weight excluding hydrogens is 174 g/mol. The summed E-state index contributed by atoms with van der Waals surface area (Å²) in [5.41, 5.74) is 0. The minimum atomic E-state index is 0.840. The number of hydrogen-bond acceptors (Lipinski definition) is 3. The van der Waals surface area contributed by atoms with Crippen molar-refractivity contribution in [2.75, 3.05) is 33.2 Å². The van der Waals surface area contributed by atoms with Crippen molar-refractivity contribution >= 4 is 0 Å². The van der Waals surface area contributed by atoms with Crippen LogP contribution in [-0.4, -0.2) is 61.2 Å². The molecule has 2 unspecified atom stereocenters. The summed E-state index contributed by atoms with van der Waals surface area (Å²) in [4.78, 5) is 5.35. The first kappa shape index (κ1) is 9.13. The number of likely N-dealkylation sites (tertiary alicyclic amines) is 1. The Labute approximate surface area is 86.4 Å². The predicted octanol–water partition coefficient (Wildman–Crippen LogP) is 0.127. The van der Waals surface area contributed by atoms with Crippen LogP contribution in [0.15, 0.2) is 0 Å². The molecule has 0 amide bonds. The van der Waals surface area contributed by atoms with E-state index in [0.717, 1.165) is 18.1 Å². The highest BCUT2D eigenvalue weighted by Gasteiger charge is 2.39. The van der Waals surface area contributed by atoms with Crippen molar-refractivity contribution < 1.29 is 0 Å². The number of fused-ring (bicyclic) bond motifs is 2. The third-order valence-electron chi connectivity index (χ3n) is 4.43. The van der Waals surface area contributed by atoms with Gasteiger partial charge in [-0.25, -0.2) is 0 Å². The highest BCUT2D eigenvalue weighted by Crippen LogP contribution is 2.30. The van der Waals surface area contributed by atoms with Crippen LogP contribution in [0.3, 0.4) is 0 Å². The van der Waals surface area contributed by atoms with E-state index in [-0.39, 0.29) is 0 Å². The molecule has 2 bridgehead atoms. The number of piperazine rings is 1. The third kappa shape index (κ3) is 1.38.